The summed E-state index contributed by atoms with van der Waals surface area (Å²) in [6.45, 7) is 10.6. The summed E-state index contributed by atoms with van der Waals surface area (Å²) < 4.78 is 0. The lowest BCUT2D eigenvalue weighted by molar-refractivity contribution is 0.00600. The molecule has 0 aromatic carbocycles. The summed E-state index contributed by atoms with van der Waals surface area (Å²) in [7, 11) is 0. The van der Waals surface area contributed by atoms with Crippen LogP contribution in [0.3, 0.4) is 0 Å². The fraction of sp³-hybridized carbons (Fsp3) is 1.00. The molecule has 1 rings (SSSR count). The Balaban J connectivity index is 2.48. The molecule has 15 heavy (non-hydrogen) atoms. The molecule has 1 saturated heterocycles. The van der Waals surface area contributed by atoms with Gasteiger partial charge < -0.3 is 5.11 Å². The molecule has 0 saturated carbocycles. The number of aliphatic hydroxyl groups excluding tert-OH is 1. The number of aliphatic hydroxyl groups is 1. The van der Waals surface area contributed by atoms with Gasteiger partial charge in [0.05, 0.1) is 6.10 Å². The number of rotatable bonds is 3. The summed E-state index contributed by atoms with van der Waals surface area (Å²) in [6.07, 6.45) is 4.99. The largest absolute Gasteiger partial charge is 0.391 e. The van der Waals surface area contributed by atoms with Crippen LogP contribution in [0.5, 0.6) is 0 Å². The zero-order valence-corrected chi connectivity index (χ0v) is 10.8. The summed E-state index contributed by atoms with van der Waals surface area (Å²) >= 11 is 0. The normalized spacial score (nSPS) is 26.6. The minimum atomic E-state index is -0.204. The molecule has 90 valence electrons. The van der Waals surface area contributed by atoms with E-state index in [4.69, 9.17) is 0 Å². The second-order valence-electron chi connectivity index (χ2n) is 5.93. The van der Waals surface area contributed by atoms with Gasteiger partial charge in [0.1, 0.15) is 0 Å². The zero-order chi connectivity index (χ0) is 11.5. The molecule has 1 heterocycles. The third-order valence-corrected chi connectivity index (χ3v) is 3.63. The predicted octanol–water partition coefficient (Wildman–Crippen LogP) is 2.66. The lowest BCUT2D eigenvalue weighted by atomic mass is 9.88. The second-order valence-corrected chi connectivity index (χ2v) is 5.93. The predicted molar refractivity (Wildman–Crippen MR) is 65.0 cm³/mol. The molecular formula is C13H27NO. The van der Waals surface area contributed by atoms with Crippen molar-refractivity contribution in [1.29, 1.82) is 0 Å². The first-order valence-electron chi connectivity index (χ1n) is 6.37. The second kappa shape index (κ2) is 5.31. The van der Waals surface area contributed by atoms with E-state index in [2.05, 4.69) is 32.6 Å². The van der Waals surface area contributed by atoms with Crippen molar-refractivity contribution in [3.05, 3.63) is 0 Å². The van der Waals surface area contributed by atoms with E-state index < -0.39 is 0 Å². The molecule has 0 spiro atoms. The van der Waals surface area contributed by atoms with E-state index in [1.807, 2.05) is 0 Å². The summed E-state index contributed by atoms with van der Waals surface area (Å²) in [6, 6.07) is 0.704. The van der Waals surface area contributed by atoms with E-state index in [1.54, 1.807) is 0 Å². The Hall–Kier alpha value is -0.0800. The zero-order valence-electron chi connectivity index (χ0n) is 10.8. The van der Waals surface area contributed by atoms with Crippen molar-refractivity contribution in [2.45, 2.75) is 65.5 Å². The molecule has 1 aliphatic heterocycles. The molecule has 1 N–H and O–H groups in total. The van der Waals surface area contributed by atoms with E-state index in [0.29, 0.717) is 6.04 Å². The van der Waals surface area contributed by atoms with Gasteiger partial charge in [0, 0.05) is 12.6 Å². The van der Waals surface area contributed by atoms with E-state index in [0.717, 1.165) is 6.54 Å². The van der Waals surface area contributed by atoms with Crippen molar-refractivity contribution in [2.75, 3.05) is 13.1 Å². The Morgan fingerprint density at radius 1 is 1.33 bits per heavy atom. The van der Waals surface area contributed by atoms with Crippen molar-refractivity contribution < 1.29 is 5.11 Å². The van der Waals surface area contributed by atoms with E-state index >= 15 is 0 Å². The van der Waals surface area contributed by atoms with Crippen LogP contribution < -0.4 is 0 Å². The van der Waals surface area contributed by atoms with Crippen LogP contribution in [-0.4, -0.2) is 35.2 Å². The highest BCUT2D eigenvalue weighted by Gasteiger charge is 2.28. The van der Waals surface area contributed by atoms with Crippen LogP contribution in [0.15, 0.2) is 0 Å². The average Bonchev–Trinajstić information content (AvgIpc) is 2.17. The number of piperidine rings is 1. The fourth-order valence-corrected chi connectivity index (χ4v) is 2.26. The molecule has 0 aromatic rings. The van der Waals surface area contributed by atoms with E-state index in [1.165, 1.54) is 32.2 Å². The maximum atomic E-state index is 10.1. The van der Waals surface area contributed by atoms with Crippen LogP contribution in [-0.2, 0) is 0 Å². The summed E-state index contributed by atoms with van der Waals surface area (Å²) in [4.78, 5) is 2.49. The number of β-amino-alcohol motifs (C(OH)–C–C–N with tert-alkyl or cyclic N) is 1. The van der Waals surface area contributed by atoms with Crippen LogP contribution in [0.25, 0.3) is 0 Å². The van der Waals surface area contributed by atoms with Crippen LogP contribution in [0, 0.1) is 5.41 Å². The first-order valence-corrected chi connectivity index (χ1v) is 6.37. The van der Waals surface area contributed by atoms with Gasteiger partial charge in [-0.3, -0.25) is 4.90 Å². The number of likely N-dealkylation sites (tertiary alicyclic amines) is 1. The topological polar surface area (TPSA) is 23.5 Å². The first kappa shape index (κ1) is 13.0. The highest BCUT2D eigenvalue weighted by molar-refractivity contribution is 4.82. The van der Waals surface area contributed by atoms with Crippen LogP contribution in [0.1, 0.15) is 53.4 Å². The number of hydrogen-bond acceptors (Lipinski definition) is 2. The molecule has 0 bridgehead atoms. The minimum absolute atomic E-state index is 0.00966. The smallest absolute Gasteiger partial charge is 0.0715 e. The van der Waals surface area contributed by atoms with Crippen LogP contribution in [0.2, 0.25) is 0 Å². The highest BCUT2D eigenvalue weighted by Crippen LogP contribution is 2.24. The van der Waals surface area contributed by atoms with Gasteiger partial charge in [-0.1, -0.05) is 34.1 Å². The van der Waals surface area contributed by atoms with Gasteiger partial charge >= 0.3 is 0 Å². The van der Waals surface area contributed by atoms with Gasteiger partial charge in [-0.15, -0.1) is 0 Å². The first-order chi connectivity index (χ1) is 6.95. The molecule has 0 radical (unpaired) electrons. The summed E-state index contributed by atoms with van der Waals surface area (Å²) in [5, 5.41) is 10.1. The molecule has 0 aliphatic carbocycles. The van der Waals surface area contributed by atoms with Crippen molar-refractivity contribution >= 4 is 0 Å². The van der Waals surface area contributed by atoms with Gasteiger partial charge in [0.15, 0.2) is 0 Å². The summed E-state index contributed by atoms with van der Waals surface area (Å²) in [5.74, 6) is 0. The van der Waals surface area contributed by atoms with Gasteiger partial charge in [-0.25, -0.2) is 0 Å². The monoisotopic (exact) mass is 213 g/mol. The average molecular weight is 213 g/mol. The lowest BCUT2D eigenvalue weighted by Gasteiger charge is -2.39. The standard InChI is InChI=1S/C13H27NO/c1-5-11-8-6-7-9-14(11)10-12(15)13(2,3)4/h11-12,15H,5-10H2,1-4H3. The van der Waals surface area contributed by atoms with Gasteiger partial charge in [-0.2, -0.15) is 0 Å². The number of hydrogen-bond donors (Lipinski definition) is 1. The van der Waals surface area contributed by atoms with Crippen molar-refractivity contribution in [3.63, 3.8) is 0 Å². The van der Waals surface area contributed by atoms with E-state index in [9.17, 15) is 5.11 Å². The van der Waals surface area contributed by atoms with E-state index in [-0.39, 0.29) is 11.5 Å². The minimum Gasteiger partial charge on any atom is -0.391 e. The number of nitrogens with zero attached hydrogens (tertiary/aromatic N) is 1. The Kier molecular flexibility index (Phi) is 4.60. The quantitative estimate of drug-likeness (QED) is 0.779. The molecule has 0 amide bonds. The van der Waals surface area contributed by atoms with Crippen molar-refractivity contribution in [3.8, 4) is 0 Å². The molecule has 1 fully saturated rings. The molecular weight excluding hydrogens is 186 g/mol. The Bertz CT molecular complexity index is 185. The maximum Gasteiger partial charge on any atom is 0.0715 e. The SMILES string of the molecule is CCC1CCCCN1CC(O)C(C)(C)C. The van der Waals surface area contributed by atoms with Gasteiger partial charge in [-0.05, 0) is 31.2 Å². The molecule has 2 heteroatoms. The lowest BCUT2D eigenvalue weighted by Crippen LogP contribution is -2.46. The highest BCUT2D eigenvalue weighted by atomic mass is 16.3. The Morgan fingerprint density at radius 2 is 2.00 bits per heavy atom. The molecule has 2 unspecified atom stereocenters. The van der Waals surface area contributed by atoms with Crippen LogP contribution in [0.4, 0.5) is 0 Å². The molecule has 1 aliphatic rings. The molecule has 2 atom stereocenters. The third-order valence-electron chi connectivity index (χ3n) is 3.63. The van der Waals surface area contributed by atoms with Gasteiger partial charge in [0.2, 0.25) is 0 Å². The molecule has 0 aromatic heterocycles. The van der Waals surface area contributed by atoms with Crippen molar-refractivity contribution in [2.24, 2.45) is 5.41 Å². The third kappa shape index (κ3) is 3.76. The van der Waals surface area contributed by atoms with Crippen LogP contribution >= 0.6 is 0 Å². The molecule has 2 nitrogen and oxygen atoms in total. The van der Waals surface area contributed by atoms with Gasteiger partial charge in [0.25, 0.3) is 0 Å². The fourth-order valence-electron chi connectivity index (χ4n) is 2.26. The Morgan fingerprint density at radius 3 is 2.53 bits per heavy atom. The van der Waals surface area contributed by atoms with Crippen molar-refractivity contribution in [1.82, 2.24) is 4.90 Å². The Labute approximate surface area is 94.7 Å². The maximum absolute atomic E-state index is 10.1. The summed E-state index contributed by atoms with van der Waals surface area (Å²) in [5.41, 5.74) is 0.00966.